The Kier molecular flexibility index (Phi) is 117. The fraction of sp³-hybridized carbons (Fsp3) is 0.348. The zero-order chi connectivity index (χ0) is 58.0. The molecular formula is C66H116Cl10OsP2Ru4S4Se-6. The van der Waals surface area contributed by atoms with Gasteiger partial charge in [0, 0.05) is 15.8 Å². The van der Waals surface area contributed by atoms with Crippen molar-refractivity contribution < 1.29 is 67.8 Å². The van der Waals surface area contributed by atoms with Crippen molar-refractivity contribution in [1.29, 1.82) is 0 Å². The van der Waals surface area contributed by atoms with Gasteiger partial charge in [0.15, 0.2) is 0 Å². The molecule has 0 unspecified atom stereocenters. The van der Waals surface area contributed by atoms with E-state index in [1.54, 1.807) is 47.0 Å². The summed E-state index contributed by atoms with van der Waals surface area (Å²) in [7, 11) is 56.6. The second kappa shape index (κ2) is 81.9. The van der Waals surface area contributed by atoms with Crippen molar-refractivity contribution in [3.8, 4) is 0 Å². The standard InChI is InChI=1S/2C9H21P.C8H8S.3C7H6S.C7H6Se.4CH4.8CH3.10ClH.Os.4Ru/c2*1-7(2)10(8(3)4)9(5)6;1-7-3-5-8(9-2)6-4-7;4*1-8-7-5-3-2-4-6-7;;;;;;;;;;;;;;;;;;;;;;;;;;;/h2*7-9H,1-6H3;2-6H,1H3;4*1-6H;4*1H4;8*1H3;10*1H;;;;;/q;;;;;;;;;;;8*-1;;;;;;;;;;;5*+2/p-8. The number of hydrogen-bond acceptors (Lipinski definition) is 4. The summed E-state index contributed by atoms with van der Waals surface area (Å²) in [6.07, 6.45) is 0. The number of hydrogen-bond donors (Lipinski definition) is 0. The van der Waals surface area contributed by atoms with Crippen LogP contribution in [-0.2, 0) is 67.8 Å². The van der Waals surface area contributed by atoms with E-state index in [1.165, 1.54) is 29.6 Å². The van der Waals surface area contributed by atoms with E-state index in [0.29, 0.717) is 15.0 Å². The number of thioether (sulfide) groups is 4. The molecule has 22 heteroatoms. The van der Waals surface area contributed by atoms with Gasteiger partial charge in [-0.3, -0.25) is 0 Å². The van der Waals surface area contributed by atoms with Gasteiger partial charge in [-0.1, -0.05) is 29.7 Å². The third kappa shape index (κ3) is 79.2. The SMILES string of the molecule is C.C.C.C.CC(C)[PH+](C(C)C)C(C)C.CC(C)[PH+](C(C)C)C(C)C.Cc1ccc(S[CH]=[Ru]([Cl])[Cl])cc1.[CH3-].[CH3-].[CH3-].[CH3-].[CH3-].[CH3-].[CH3-].[CH3-].[Cl][Os]([Cl])=[CH]Sc1ccccc1.[Cl][Ru]([Cl])=[CH]Sc1ccccc1.[Cl][Ru]([Cl])=[CH]Sc1ccccc1.[Cl][Ru]([Cl])=[CH][Se]c1ccccc1. The summed E-state index contributed by atoms with van der Waals surface area (Å²) in [5.74, 6) is 0. The molecule has 0 fully saturated rings. The molecule has 0 atom stereocenters. The van der Waals surface area contributed by atoms with Gasteiger partial charge in [0.25, 0.3) is 0 Å². The first-order valence-corrected chi connectivity index (χ1v) is 61.7. The van der Waals surface area contributed by atoms with Crippen molar-refractivity contribution in [1.82, 2.24) is 0 Å². The Morgan fingerprint density at radius 1 is 0.352 bits per heavy atom. The normalized spacial score (nSPS) is 9.83. The molecule has 0 nitrogen and oxygen atoms in total. The van der Waals surface area contributed by atoms with Gasteiger partial charge in [-0.25, -0.2) is 0 Å². The Morgan fingerprint density at radius 2 is 0.580 bits per heavy atom. The van der Waals surface area contributed by atoms with E-state index in [1.807, 2.05) is 125 Å². The Morgan fingerprint density at radius 3 is 0.784 bits per heavy atom. The van der Waals surface area contributed by atoms with Crippen LogP contribution in [0.5, 0.6) is 0 Å². The molecule has 0 heterocycles. The molecule has 0 aromatic heterocycles. The van der Waals surface area contributed by atoms with E-state index in [-0.39, 0.29) is 105 Å². The number of aryl methyl sites for hydroxylation is 1. The zero-order valence-electron chi connectivity index (χ0n) is 52.8. The molecule has 0 saturated heterocycles. The van der Waals surface area contributed by atoms with Crippen LogP contribution in [0.3, 0.4) is 0 Å². The van der Waals surface area contributed by atoms with Crippen LogP contribution in [0.1, 0.15) is 118 Å². The molecule has 0 bridgehead atoms. The summed E-state index contributed by atoms with van der Waals surface area (Å²) in [4.78, 5) is 4.77. The Hall–Kier alpha value is 4.26. The molecule has 0 N–H and O–H groups in total. The average molecular weight is 2130 g/mol. The molecule has 0 aliphatic carbocycles. The van der Waals surface area contributed by atoms with Gasteiger partial charge in [0.2, 0.25) is 0 Å². The van der Waals surface area contributed by atoms with Crippen molar-refractivity contribution in [2.75, 3.05) is 0 Å². The van der Waals surface area contributed by atoms with Crippen LogP contribution in [0.2, 0.25) is 0 Å². The van der Waals surface area contributed by atoms with E-state index in [4.69, 9.17) is 96.8 Å². The minimum absolute atomic E-state index is 0. The van der Waals surface area contributed by atoms with Crippen LogP contribution >= 0.6 is 160 Å². The molecule has 88 heavy (non-hydrogen) atoms. The van der Waals surface area contributed by atoms with Crippen LogP contribution < -0.4 is 4.46 Å². The quantitative estimate of drug-likeness (QED) is 0.0418. The zero-order valence-corrected chi connectivity index (χ0v) is 76.8. The number of rotatable bonds is 16. The first-order chi connectivity index (χ1) is 35.8. The van der Waals surface area contributed by atoms with Crippen molar-refractivity contribution in [3.63, 3.8) is 0 Å². The van der Waals surface area contributed by atoms with Gasteiger partial charge < -0.3 is 59.4 Å². The van der Waals surface area contributed by atoms with Gasteiger partial charge in [-0.2, -0.15) is 0 Å². The van der Waals surface area contributed by atoms with Crippen molar-refractivity contribution in [2.24, 2.45) is 0 Å². The fourth-order valence-electron chi connectivity index (χ4n) is 7.01. The Bertz CT molecular complexity index is 2070. The first kappa shape index (κ1) is 125. The third-order valence-corrected chi connectivity index (χ3v) is 45.0. The van der Waals surface area contributed by atoms with E-state index in [9.17, 15) is 0 Å². The second-order valence-corrected chi connectivity index (χ2v) is 67.1. The van der Waals surface area contributed by atoms with Gasteiger partial charge in [-0.05, 0) is 83.1 Å². The van der Waals surface area contributed by atoms with E-state index in [2.05, 4.69) is 130 Å². The topological polar surface area (TPSA) is 0 Å². The fourth-order valence-corrected chi connectivity index (χ4v) is 32.0. The van der Waals surface area contributed by atoms with Crippen LogP contribution in [0.25, 0.3) is 0 Å². The minimum atomic E-state index is -1.87. The van der Waals surface area contributed by atoms with Gasteiger partial charge in [0.1, 0.15) is 0 Å². The van der Waals surface area contributed by atoms with Crippen LogP contribution in [0, 0.1) is 66.3 Å². The van der Waals surface area contributed by atoms with Crippen LogP contribution in [-0.4, -0.2) is 68.1 Å². The molecule has 0 saturated carbocycles. The average Bonchev–Trinajstić information content (AvgIpc) is 3.35. The molecule has 0 radical (unpaired) electrons. The third-order valence-electron chi connectivity index (χ3n) is 9.20. The van der Waals surface area contributed by atoms with E-state index >= 15 is 0 Å². The number of benzene rings is 5. The summed E-state index contributed by atoms with van der Waals surface area (Å²) in [5, 5.41) is 0. The second-order valence-electron chi connectivity index (χ2n) is 17.0. The van der Waals surface area contributed by atoms with Crippen LogP contribution in [0.4, 0.5) is 0 Å². The molecule has 536 valence electrons. The molecule has 5 aromatic carbocycles. The number of halogens is 10. The van der Waals surface area contributed by atoms with Gasteiger partial charge in [-0.15, -0.1) is 0 Å². The van der Waals surface area contributed by atoms with Gasteiger partial charge in [0.05, 0.1) is 34.0 Å². The monoisotopic (exact) mass is 2130 g/mol. The van der Waals surface area contributed by atoms with Crippen molar-refractivity contribution >= 4 is 198 Å². The summed E-state index contributed by atoms with van der Waals surface area (Å²) in [5.41, 5.74) is 6.88. The predicted octanol–water partition coefficient (Wildman–Crippen LogP) is 28.9. The first-order valence-electron chi connectivity index (χ1n) is 23.2. The van der Waals surface area contributed by atoms with Crippen LogP contribution in [0.15, 0.2) is 165 Å². The maximum absolute atomic E-state index is 5.70. The maximum atomic E-state index is 5.70. The molecule has 0 amide bonds. The predicted molar refractivity (Wildman–Crippen MR) is 440 cm³/mol. The Balaban J connectivity index is -0.0000000592. The van der Waals surface area contributed by atoms with E-state index < -0.39 is 67.8 Å². The molecule has 0 aliphatic rings. The summed E-state index contributed by atoms with van der Waals surface area (Å²) < 4.78 is 11.1. The van der Waals surface area contributed by atoms with Crippen molar-refractivity contribution in [2.45, 2.75) is 173 Å². The summed E-state index contributed by atoms with van der Waals surface area (Å²) in [6, 6.07) is 48.7. The molecule has 0 spiro atoms. The molecule has 5 rings (SSSR count). The summed E-state index contributed by atoms with van der Waals surface area (Å²) in [6.45, 7) is 30.5. The molecule has 5 aromatic rings. The summed E-state index contributed by atoms with van der Waals surface area (Å²) >= 11 is -1.39. The van der Waals surface area contributed by atoms with Gasteiger partial charge >= 0.3 is 428 Å². The van der Waals surface area contributed by atoms with Crippen molar-refractivity contribution in [3.05, 3.63) is 211 Å². The molecular weight excluding hydrogens is 2010 g/mol. The van der Waals surface area contributed by atoms with E-state index in [0.717, 1.165) is 34.0 Å². The molecule has 0 aliphatic heterocycles. The Labute approximate surface area is 640 Å².